The monoisotopic (exact) mass is 228 g/mol. The third-order valence-corrected chi connectivity index (χ3v) is 4.38. The molecule has 3 nitrogen and oxygen atoms in total. The molecule has 0 spiro atoms. The van der Waals surface area contributed by atoms with Gasteiger partial charge < -0.3 is 4.74 Å². The lowest BCUT2D eigenvalue weighted by Gasteiger charge is -2.43. The van der Waals surface area contributed by atoms with Crippen molar-refractivity contribution in [1.29, 1.82) is 0 Å². The summed E-state index contributed by atoms with van der Waals surface area (Å²) in [4.78, 5) is 0. The maximum atomic E-state index is 5.75. The van der Waals surface area contributed by atoms with Gasteiger partial charge >= 0.3 is 0 Å². The van der Waals surface area contributed by atoms with Crippen LogP contribution >= 0.6 is 0 Å². The first-order valence-corrected chi connectivity index (χ1v) is 6.58. The normalized spacial score (nSPS) is 29.1. The van der Waals surface area contributed by atoms with E-state index >= 15 is 0 Å². The van der Waals surface area contributed by atoms with Crippen molar-refractivity contribution in [3.8, 4) is 0 Å². The summed E-state index contributed by atoms with van der Waals surface area (Å²) >= 11 is 0. The molecule has 0 radical (unpaired) electrons. The molecule has 16 heavy (non-hydrogen) atoms. The molecule has 1 aliphatic rings. The number of methoxy groups -OCH3 is 1. The van der Waals surface area contributed by atoms with Crippen LogP contribution in [-0.2, 0) is 4.74 Å². The topological polar surface area (TPSA) is 47.3 Å². The molecule has 0 aromatic rings. The van der Waals surface area contributed by atoms with E-state index < -0.39 is 0 Å². The van der Waals surface area contributed by atoms with Crippen molar-refractivity contribution in [2.45, 2.75) is 64.5 Å². The van der Waals surface area contributed by atoms with Gasteiger partial charge in [0.15, 0.2) is 0 Å². The zero-order chi connectivity index (χ0) is 12.2. The fraction of sp³-hybridized carbons (Fsp3) is 1.00. The lowest BCUT2D eigenvalue weighted by atomic mass is 9.70. The van der Waals surface area contributed by atoms with Gasteiger partial charge in [0.1, 0.15) is 0 Å². The molecule has 1 rings (SSSR count). The largest absolute Gasteiger partial charge is 0.377 e. The van der Waals surface area contributed by atoms with Gasteiger partial charge in [-0.1, -0.05) is 32.6 Å². The predicted molar refractivity (Wildman–Crippen MR) is 67.9 cm³/mol. The number of nitrogens with two attached hydrogens (primary N) is 1. The van der Waals surface area contributed by atoms with Crippen molar-refractivity contribution in [3.63, 3.8) is 0 Å². The number of ether oxygens (including phenoxy) is 1. The minimum absolute atomic E-state index is 0.190. The Morgan fingerprint density at radius 3 is 2.50 bits per heavy atom. The molecule has 96 valence electrons. The number of rotatable bonds is 5. The highest BCUT2D eigenvalue weighted by Gasteiger charge is 2.39. The summed E-state index contributed by atoms with van der Waals surface area (Å²) in [7, 11) is 1.77. The van der Waals surface area contributed by atoms with Gasteiger partial charge in [0.2, 0.25) is 0 Å². The minimum atomic E-state index is -0.190. The molecule has 0 aromatic carbocycles. The van der Waals surface area contributed by atoms with Crippen molar-refractivity contribution < 1.29 is 4.74 Å². The van der Waals surface area contributed by atoms with E-state index in [1.807, 2.05) is 0 Å². The molecule has 0 heterocycles. The molecular formula is C13H28N2O. The zero-order valence-corrected chi connectivity index (χ0v) is 11.3. The van der Waals surface area contributed by atoms with Crippen LogP contribution in [0.2, 0.25) is 0 Å². The van der Waals surface area contributed by atoms with Crippen LogP contribution in [0.15, 0.2) is 0 Å². The Balaban J connectivity index is 2.77. The van der Waals surface area contributed by atoms with Crippen molar-refractivity contribution >= 4 is 0 Å². The average Bonchev–Trinajstić information content (AvgIpc) is 2.30. The highest BCUT2D eigenvalue weighted by atomic mass is 16.5. The van der Waals surface area contributed by atoms with Crippen LogP contribution < -0.4 is 11.3 Å². The lowest BCUT2D eigenvalue weighted by Crippen LogP contribution is -2.57. The first-order valence-electron chi connectivity index (χ1n) is 6.58. The lowest BCUT2D eigenvalue weighted by molar-refractivity contribution is -0.0435. The first-order chi connectivity index (χ1) is 7.56. The van der Waals surface area contributed by atoms with Gasteiger partial charge in [-0.25, -0.2) is 0 Å². The molecule has 0 bridgehead atoms. The second kappa shape index (κ2) is 5.99. The Hall–Kier alpha value is -0.120. The van der Waals surface area contributed by atoms with E-state index in [4.69, 9.17) is 10.6 Å². The maximum absolute atomic E-state index is 5.75. The van der Waals surface area contributed by atoms with Crippen molar-refractivity contribution in [1.82, 2.24) is 5.43 Å². The molecule has 3 heteroatoms. The molecule has 0 aliphatic heterocycles. The number of hydrogen-bond acceptors (Lipinski definition) is 3. The quantitative estimate of drug-likeness (QED) is 0.561. The average molecular weight is 228 g/mol. The molecule has 3 N–H and O–H groups in total. The zero-order valence-electron chi connectivity index (χ0n) is 11.3. The minimum Gasteiger partial charge on any atom is -0.377 e. The molecule has 3 atom stereocenters. The standard InChI is InChI=1S/C13H28N2O/c1-5-10-8-6-7-9-11(10)12(15-14)13(2,3)16-4/h10-12,15H,5-9,14H2,1-4H3. The smallest absolute Gasteiger partial charge is 0.0791 e. The Morgan fingerprint density at radius 2 is 2.00 bits per heavy atom. The summed E-state index contributed by atoms with van der Waals surface area (Å²) in [6.07, 6.45) is 6.58. The second-order valence-corrected chi connectivity index (χ2v) is 5.57. The molecule has 0 amide bonds. The molecule has 1 fully saturated rings. The van der Waals surface area contributed by atoms with Gasteiger partial charge in [0.25, 0.3) is 0 Å². The van der Waals surface area contributed by atoms with Gasteiger partial charge in [-0.3, -0.25) is 11.3 Å². The van der Waals surface area contributed by atoms with Crippen LogP contribution in [0.25, 0.3) is 0 Å². The highest BCUT2D eigenvalue weighted by Crippen LogP contribution is 2.37. The van der Waals surface area contributed by atoms with Crippen molar-refractivity contribution in [2.75, 3.05) is 7.11 Å². The van der Waals surface area contributed by atoms with Crippen LogP contribution in [0, 0.1) is 11.8 Å². The van der Waals surface area contributed by atoms with E-state index in [1.165, 1.54) is 32.1 Å². The Kier molecular flexibility index (Phi) is 5.22. The number of hydrazine groups is 1. The van der Waals surface area contributed by atoms with Gasteiger partial charge in [-0.2, -0.15) is 0 Å². The van der Waals surface area contributed by atoms with E-state index in [0.717, 1.165) is 5.92 Å². The highest BCUT2D eigenvalue weighted by molar-refractivity contribution is 4.93. The van der Waals surface area contributed by atoms with E-state index in [0.29, 0.717) is 5.92 Å². The summed E-state index contributed by atoms with van der Waals surface area (Å²) in [5.41, 5.74) is 2.81. The van der Waals surface area contributed by atoms with Crippen molar-refractivity contribution in [3.05, 3.63) is 0 Å². The maximum Gasteiger partial charge on any atom is 0.0791 e. The van der Waals surface area contributed by atoms with Crippen molar-refractivity contribution in [2.24, 2.45) is 17.7 Å². The summed E-state index contributed by atoms with van der Waals surface area (Å²) < 4.78 is 5.59. The third kappa shape index (κ3) is 2.96. The van der Waals surface area contributed by atoms with Gasteiger partial charge in [-0.05, 0) is 32.1 Å². The first kappa shape index (κ1) is 13.9. The van der Waals surface area contributed by atoms with E-state index in [-0.39, 0.29) is 11.6 Å². The molecule has 3 unspecified atom stereocenters. The molecule has 1 saturated carbocycles. The summed E-state index contributed by atoms with van der Waals surface area (Å²) in [6.45, 7) is 6.54. The van der Waals surface area contributed by atoms with Crippen LogP contribution in [0.4, 0.5) is 0 Å². The Bertz CT molecular complexity index is 206. The van der Waals surface area contributed by atoms with Gasteiger partial charge in [-0.15, -0.1) is 0 Å². The van der Waals surface area contributed by atoms with Crippen LogP contribution in [0.1, 0.15) is 52.9 Å². The van der Waals surface area contributed by atoms with E-state index in [1.54, 1.807) is 7.11 Å². The van der Waals surface area contributed by atoms with Gasteiger partial charge in [0.05, 0.1) is 11.6 Å². The van der Waals surface area contributed by atoms with Crippen LogP contribution in [0.5, 0.6) is 0 Å². The molecule has 1 aliphatic carbocycles. The third-order valence-electron chi connectivity index (χ3n) is 4.38. The van der Waals surface area contributed by atoms with Gasteiger partial charge in [0, 0.05) is 7.11 Å². The molecular weight excluding hydrogens is 200 g/mol. The van der Waals surface area contributed by atoms with Crippen LogP contribution in [-0.4, -0.2) is 18.8 Å². The summed E-state index contributed by atoms with van der Waals surface area (Å²) in [5.74, 6) is 7.20. The summed E-state index contributed by atoms with van der Waals surface area (Å²) in [6, 6.07) is 0.253. The number of hydrogen-bond donors (Lipinski definition) is 2. The Labute approximate surface area is 100 Å². The fourth-order valence-corrected chi connectivity index (χ4v) is 3.15. The van der Waals surface area contributed by atoms with E-state index in [9.17, 15) is 0 Å². The fourth-order valence-electron chi connectivity index (χ4n) is 3.15. The van der Waals surface area contributed by atoms with Crippen LogP contribution in [0.3, 0.4) is 0 Å². The molecule has 0 aromatic heterocycles. The Morgan fingerprint density at radius 1 is 1.38 bits per heavy atom. The van der Waals surface area contributed by atoms with E-state index in [2.05, 4.69) is 26.2 Å². The predicted octanol–water partition coefficient (Wildman–Crippen LogP) is 2.46. The second-order valence-electron chi connectivity index (χ2n) is 5.57. The molecule has 0 saturated heterocycles. The number of nitrogens with one attached hydrogen (secondary N) is 1. The SMILES string of the molecule is CCC1CCCCC1C(NN)C(C)(C)OC. The summed E-state index contributed by atoms with van der Waals surface area (Å²) in [5, 5.41) is 0.